The first-order valence-corrected chi connectivity index (χ1v) is 14.5. The lowest BCUT2D eigenvalue weighted by atomic mass is 10.0. The number of carbonyl (C=O) groups excluding carboxylic acids is 1. The van der Waals surface area contributed by atoms with Gasteiger partial charge in [0.1, 0.15) is 5.75 Å². The van der Waals surface area contributed by atoms with Gasteiger partial charge in [0, 0.05) is 29.1 Å². The second kappa shape index (κ2) is 13.7. The average Bonchev–Trinajstić information content (AvgIpc) is 3.40. The zero-order valence-corrected chi connectivity index (χ0v) is 23.4. The number of rotatable bonds is 12. The van der Waals surface area contributed by atoms with Crippen molar-refractivity contribution in [2.45, 2.75) is 24.4 Å². The van der Waals surface area contributed by atoms with Crippen molar-refractivity contribution >= 4 is 17.7 Å². The van der Waals surface area contributed by atoms with Gasteiger partial charge in [-0.2, -0.15) is 0 Å². The smallest absolute Gasteiger partial charge is 0.224 e. The molecule has 6 heteroatoms. The summed E-state index contributed by atoms with van der Waals surface area (Å²) >= 11 is 1.76. The molecule has 0 spiro atoms. The van der Waals surface area contributed by atoms with Gasteiger partial charge in [0.2, 0.25) is 5.91 Å². The molecule has 0 bridgehead atoms. The number of methoxy groups -OCH3 is 1. The van der Waals surface area contributed by atoms with E-state index in [1.54, 1.807) is 18.9 Å². The molecule has 5 nitrogen and oxygen atoms in total. The summed E-state index contributed by atoms with van der Waals surface area (Å²) in [4.78, 5) is 17.6. The van der Waals surface area contributed by atoms with Gasteiger partial charge in [0.15, 0.2) is 5.16 Å². The van der Waals surface area contributed by atoms with Crippen LogP contribution in [0.3, 0.4) is 0 Å². The van der Waals surface area contributed by atoms with E-state index in [1.165, 1.54) is 0 Å². The number of hydrogen-bond donors (Lipinski definition) is 1. The Morgan fingerprint density at radius 2 is 1.43 bits per heavy atom. The number of imidazole rings is 1. The molecule has 0 aliphatic heterocycles. The largest absolute Gasteiger partial charge is 0.497 e. The first-order chi connectivity index (χ1) is 19.7. The number of ether oxygens (including phenoxy) is 1. The molecule has 0 saturated carbocycles. The molecule has 1 amide bonds. The van der Waals surface area contributed by atoms with Crippen LogP contribution in [0, 0.1) is 0 Å². The third-order valence-corrected chi connectivity index (χ3v) is 7.63. The molecule has 5 aromatic rings. The van der Waals surface area contributed by atoms with Crippen molar-refractivity contribution < 1.29 is 9.53 Å². The second-order valence-electron chi connectivity index (χ2n) is 9.42. The van der Waals surface area contributed by atoms with Crippen LogP contribution < -0.4 is 10.1 Å². The molecule has 0 unspecified atom stereocenters. The van der Waals surface area contributed by atoms with E-state index in [1.807, 2.05) is 42.5 Å². The Kier molecular flexibility index (Phi) is 9.33. The third-order valence-electron chi connectivity index (χ3n) is 6.60. The van der Waals surface area contributed by atoms with Crippen molar-refractivity contribution in [1.82, 2.24) is 14.9 Å². The van der Waals surface area contributed by atoms with Crippen LogP contribution in [0.25, 0.3) is 28.2 Å². The van der Waals surface area contributed by atoms with E-state index in [-0.39, 0.29) is 5.91 Å². The molecule has 40 heavy (non-hydrogen) atoms. The number of amides is 1. The van der Waals surface area contributed by atoms with Crippen LogP contribution in [-0.2, 0) is 11.2 Å². The maximum Gasteiger partial charge on any atom is 0.224 e. The summed E-state index contributed by atoms with van der Waals surface area (Å²) in [6.07, 6.45) is 2.25. The van der Waals surface area contributed by atoms with E-state index < -0.39 is 0 Å². The minimum absolute atomic E-state index is 0.0393. The lowest BCUT2D eigenvalue weighted by molar-refractivity contribution is -0.120. The first kappa shape index (κ1) is 27.3. The Labute approximate surface area is 240 Å². The van der Waals surface area contributed by atoms with Gasteiger partial charge in [-0.3, -0.25) is 9.36 Å². The lowest BCUT2D eigenvalue weighted by Crippen LogP contribution is -2.26. The molecule has 0 aliphatic rings. The number of carbonyl (C=O) groups is 1. The molecule has 0 radical (unpaired) electrons. The summed E-state index contributed by atoms with van der Waals surface area (Å²) in [6, 6.07) is 38.9. The summed E-state index contributed by atoms with van der Waals surface area (Å²) in [7, 11) is 1.64. The summed E-state index contributed by atoms with van der Waals surface area (Å²) in [6.45, 7) is 0.660. The number of nitrogens with one attached hydrogen (secondary N) is 1. The van der Waals surface area contributed by atoms with Crippen LogP contribution in [0.2, 0.25) is 0 Å². The molecule has 202 valence electrons. The summed E-state index contributed by atoms with van der Waals surface area (Å²) < 4.78 is 7.46. The fourth-order valence-corrected chi connectivity index (χ4v) is 5.59. The average molecular weight is 548 g/mol. The van der Waals surface area contributed by atoms with Crippen molar-refractivity contribution in [2.75, 3.05) is 19.4 Å². The molecule has 1 aromatic heterocycles. The topological polar surface area (TPSA) is 56.1 Å². The molecular weight excluding hydrogens is 514 g/mol. The Morgan fingerprint density at radius 3 is 2.08 bits per heavy atom. The van der Waals surface area contributed by atoms with Gasteiger partial charge in [-0.15, -0.1) is 0 Å². The number of thioether (sulfide) groups is 1. The Hall–Kier alpha value is -4.29. The van der Waals surface area contributed by atoms with E-state index in [0.29, 0.717) is 13.0 Å². The van der Waals surface area contributed by atoms with Crippen LogP contribution in [0.1, 0.15) is 18.4 Å². The molecule has 0 aliphatic carbocycles. The van der Waals surface area contributed by atoms with Crippen LogP contribution in [0.4, 0.5) is 0 Å². The van der Waals surface area contributed by atoms with Crippen molar-refractivity contribution in [3.8, 4) is 34.0 Å². The Balaban J connectivity index is 1.27. The number of unbranched alkanes of at least 4 members (excludes halogenated alkanes) is 1. The fourth-order valence-electron chi connectivity index (χ4n) is 4.58. The fraction of sp³-hybridized carbons (Fsp3) is 0.176. The predicted molar refractivity (Wildman–Crippen MR) is 164 cm³/mol. The van der Waals surface area contributed by atoms with Gasteiger partial charge in [-0.25, -0.2) is 4.98 Å². The monoisotopic (exact) mass is 547 g/mol. The summed E-state index contributed by atoms with van der Waals surface area (Å²) in [5, 5.41) is 4.02. The van der Waals surface area contributed by atoms with E-state index in [9.17, 15) is 4.79 Å². The number of hydrogen-bond acceptors (Lipinski definition) is 4. The van der Waals surface area contributed by atoms with E-state index in [2.05, 4.69) is 82.7 Å². The quantitative estimate of drug-likeness (QED) is 0.130. The molecule has 1 N–H and O–H groups in total. The highest BCUT2D eigenvalue weighted by Gasteiger charge is 2.21. The van der Waals surface area contributed by atoms with Crippen LogP contribution in [-0.4, -0.2) is 34.9 Å². The number of benzene rings is 4. The van der Waals surface area contributed by atoms with Gasteiger partial charge in [0.25, 0.3) is 0 Å². The van der Waals surface area contributed by atoms with Crippen LogP contribution in [0.15, 0.2) is 120 Å². The van der Waals surface area contributed by atoms with Crippen molar-refractivity contribution in [2.24, 2.45) is 0 Å². The van der Waals surface area contributed by atoms with Crippen LogP contribution >= 0.6 is 11.8 Å². The molecule has 4 aromatic carbocycles. The van der Waals surface area contributed by atoms with Gasteiger partial charge in [-0.05, 0) is 42.7 Å². The zero-order chi connectivity index (χ0) is 27.6. The van der Waals surface area contributed by atoms with Crippen molar-refractivity contribution in [1.29, 1.82) is 0 Å². The number of nitrogens with zero attached hydrogens (tertiary/aromatic N) is 2. The Bertz CT molecular complexity index is 1500. The highest BCUT2D eigenvalue weighted by molar-refractivity contribution is 7.99. The molecule has 0 fully saturated rings. The standard InChI is InChI=1S/C34H33N3O2S/c1-39-30-21-19-26(20-22-30)25-31(38)35-23-11-12-24-40-34-36-32(27-13-5-2-6-14-27)33(28-15-7-3-8-16-28)37(34)29-17-9-4-10-18-29/h2-10,13-22H,11-12,23-25H2,1H3,(H,35,38). The third kappa shape index (κ3) is 6.82. The van der Waals surface area contributed by atoms with Gasteiger partial charge < -0.3 is 10.1 Å². The molecular formula is C34H33N3O2S. The van der Waals surface area contributed by atoms with E-state index in [4.69, 9.17) is 9.72 Å². The highest BCUT2D eigenvalue weighted by atomic mass is 32.2. The molecule has 0 atom stereocenters. The molecule has 1 heterocycles. The van der Waals surface area contributed by atoms with Crippen molar-refractivity contribution in [3.05, 3.63) is 121 Å². The normalized spacial score (nSPS) is 10.8. The first-order valence-electron chi connectivity index (χ1n) is 13.5. The van der Waals surface area contributed by atoms with Gasteiger partial charge in [-0.1, -0.05) is 103 Å². The minimum atomic E-state index is 0.0393. The summed E-state index contributed by atoms with van der Waals surface area (Å²) in [5.74, 6) is 1.74. The highest BCUT2D eigenvalue weighted by Crippen LogP contribution is 2.38. The van der Waals surface area contributed by atoms with Crippen molar-refractivity contribution in [3.63, 3.8) is 0 Å². The van der Waals surface area contributed by atoms with E-state index in [0.717, 1.165) is 63.3 Å². The van der Waals surface area contributed by atoms with Gasteiger partial charge >= 0.3 is 0 Å². The molecule has 5 rings (SSSR count). The van der Waals surface area contributed by atoms with Gasteiger partial charge in [0.05, 0.1) is 24.9 Å². The maximum absolute atomic E-state index is 12.4. The Morgan fingerprint density at radius 1 is 0.800 bits per heavy atom. The SMILES string of the molecule is COc1ccc(CC(=O)NCCCCSc2nc(-c3ccccc3)c(-c3ccccc3)n2-c2ccccc2)cc1. The predicted octanol–water partition coefficient (Wildman–Crippen LogP) is 7.45. The molecule has 0 saturated heterocycles. The van der Waals surface area contributed by atoms with Crippen LogP contribution in [0.5, 0.6) is 5.75 Å². The number of para-hydroxylation sites is 1. The second-order valence-corrected chi connectivity index (χ2v) is 10.5. The minimum Gasteiger partial charge on any atom is -0.497 e. The zero-order valence-electron chi connectivity index (χ0n) is 22.6. The maximum atomic E-state index is 12.4. The lowest BCUT2D eigenvalue weighted by Gasteiger charge is -2.13. The number of aromatic nitrogens is 2. The van der Waals surface area contributed by atoms with E-state index >= 15 is 0 Å². The summed E-state index contributed by atoms with van der Waals surface area (Å²) in [5.41, 5.74) is 6.35.